The molecule has 0 amide bonds. The highest BCUT2D eigenvalue weighted by molar-refractivity contribution is 7.93. The van der Waals surface area contributed by atoms with Gasteiger partial charge >= 0.3 is 18.3 Å². The highest BCUT2D eigenvalue weighted by Gasteiger charge is 2.37. The Kier molecular flexibility index (Phi) is 31.5. The summed E-state index contributed by atoms with van der Waals surface area (Å²) in [6.45, 7) is 6.90. The predicted molar refractivity (Wildman–Crippen MR) is 453 cm³/mol. The molecule has 12 rings (SSSR count). The Hall–Kier alpha value is -10.0. The SMILES string of the molecule is COC(=O)c1cccc(C)c1Oc1ncc(Cl)cc1NS(=O)(=O)c1ccc(Cl)c(C(F)(F)F)c1.COc1cc(S(=O)(=O)Nc2cc(Cl)cnc2C(=O)c2ccccc2Cl)ccc1Cl.Cc1cccc(C)c1Oc1ncc(Cl)cc1NS(=O)(=O)c1ccc(Cl)c(C(F)(F)F)c1.Cc1ncccc1C(=O)c1ncc(Cl)cc1NS(=O)(=O)c1ccc(Cl)c(Cl)c1. The number of benzene rings is 7. The monoisotopic (exact) mass is 1950 g/mol. The maximum atomic E-state index is 13.2. The fraction of sp³-hybridized carbons (Fsp3) is 0.103. The van der Waals surface area contributed by atoms with Crippen molar-refractivity contribution in [1.29, 1.82) is 0 Å². The molecule has 24 nitrogen and oxygen atoms in total. The van der Waals surface area contributed by atoms with Crippen LogP contribution >= 0.6 is 116 Å². The molecule has 0 aliphatic heterocycles. The second-order valence-electron chi connectivity index (χ2n) is 24.8. The van der Waals surface area contributed by atoms with E-state index >= 15 is 0 Å². The summed E-state index contributed by atoms with van der Waals surface area (Å²) in [7, 11) is -14.7. The summed E-state index contributed by atoms with van der Waals surface area (Å²) < 4.78 is 212. The molecule has 44 heteroatoms. The van der Waals surface area contributed by atoms with E-state index in [1.165, 1.54) is 99.5 Å². The highest BCUT2D eigenvalue weighted by atomic mass is 35.5. The lowest BCUT2D eigenvalue weighted by Gasteiger charge is -2.16. The van der Waals surface area contributed by atoms with E-state index < -0.39 is 101 Å². The molecule has 12 aromatic rings. The fourth-order valence-electron chi connectivity index (χ4n) is 10.4. The Bertz CT molecular complexity index is 6540. The molecule has 4 N–H and O–H groups in total. The van der Waals surface area contributed by atoms with Gasteiger partial charge in [0.25, 0.3) is 40.1 Å². The molecule has 7 aromatic carbocycles. The van der Waals surface area contributed by atoms with E-state index in [9.17, 15) is 74.4 Å². The van der Waals surface area contributed by atoms with E-state index in [4.69, 9.17) is 135 Å². The Labute approximate surface area is 742 Å². The van der Waals surface area contributed by atoms with Gasteiger partial charge in [-0.15, -0.1) is 0 Å². The van der Waals surface area contributed by atoms with Gasteiger partial charge in [-0.25, -0.2) is 58.4 Å². The summed E-state index contributed by atoms with van der Waals surface area (Å²) in [6.07, 6.45) is -3.22. The topological polar surface area (TPSA) is 337 Å². The van der Waals surface area contributed by atoms with Gasteiger partial charge in [-0.05, 0) is 166 Å². The number of hydrogen-bond acceptors (Lipinski definition) is 20. The Morgan fingerprint density at radius 3 is 1.16 bits per heavy atom. The molecule has 0 atom stereocenters. The van der Waals surface area contributed by atoms with Gasteiger partial charge in [0, 0.05) is 53.9 Å². The molecule has 122 heavy (non-hydrogen) atoms. The molecule has 0 unspecified atom stereocenters. The number of nitrogens with zero attached hydrogens (tertiary/aromatic N) is 5. The normalized spacial score (nSPS) is 11.6. The number of carbonyl (C=O) groups is 3. The number of esters is 1. The molecule has 5 aromatic heterocycles. The molecule has 0 aliphatic rings. The summed E-state index contributed by atoms with van der Waals surface area (Å²) in [5, 5.41) is -0.100. The molecule has 0 saturated carbocycles. The summed E-state index contributed by atoms with van der Waals surface area (Å²) in [5.41, 5.74) is -0.355. The van der Waals surface area contributed by atoms with Crippen molar-refractivity contribution in [2.75, 3.05) is 33.1 Å². The van der Waals surface area contributed by atoms with Crippen LogP contribution in [0.3, 0.4) is 0 Å². The molecular formula is C78H55Cl10F6N9O15S4. The van der Waals surface area contributed by atoms with Crippen LogP contribution in [0.4, 0.5) is 49.1 Å². The molecule has 0 bridgehead atoms. The number of aryl methyl sites for hydroxylation is 4. The van der Waals surface area contributed by atoms with Crippen molar-refractivity contribution in [3.8, 4) is 29.0 Å². The smallest absolute Gasteiger partial charge is 0.417 e. The van der Waals surface area contributed by atoms with E-state index in [0.29, 0.717) is 34.7 Å². The van der Waals surface area contributed by atoms with Gasteiger partial charge in [0.15, 0.2) is 0 Å². The molecule has 0 spiro atoms. The first-order valence-corrected chi connectivity index (χ1v) is 43.5. The number of pyridine rings is 5. The molecule has 0 radical (unpaired) electrons. The molecule has 5 heterocycles. The highest BCUT2D eigenvalue weighted by Crippen LogP contribution is 2.42. The van der Waals surface area contributed by atoms with Gasteiger partial charge in [0.2, 0.25) is 23.3 Å². The number of para-hydroxylation sites is 2. The summed E-state index contributed by atoms with van der Waals surface area (Å²) in [4.78, 5) is 56.4. The summed E-state index contributed by atoms with van der Waals surface area (Å²) in [5.74, 6) is -1.50. The Morgan fingerprint density at radius 2 is 0.730 bits per heavy atom. The number of methoxy groups -OCH3 is 2. The zero-order valence-corrected chi connectivity index (χ0v) is 73.4. The number of sulfonamides is 4. The number of hydrogen-bond donors (Lipinski definition) is 4. The quantitative estimate of drug-likeness (QED) is 0.0278. The molecule has 0 aliphatic carbocycles. The first kappa shape index (κ1) is 95.8. The van der Waals surface area contributed by atoms with E-state index in [0.717, 1.165) is 47.7 Å². The van der Waals surface area contributed by atoms with Crippen LogP contribution in [0.1, 0.15) is 76.0 Å². The number of alkyl halides is 6. The van der Waals surface area contributed by atoms with Crippen LogP contribution in [-0.2, 0) is 57.2 Å². The molecule has 0 saturated heterocycles. The zero-order valence-electron chi connectivity index (χ0n) is 62.6. The van der Waals surface area contributed by atoms with Crippen molar-refractivity contribution in [2.24, 2.45) is 0 Å². The van der Waals surface area contributed by atoms with E-state index in [1.807, 2.05) is 6.07 Å². The largest absolute Gasteiger partial charge is 0.495 e. The average Bonchev–Trinajstić information content (AvgIpc) is 0.804. The van der Waals surface area contributed by atoms with Crippen LogP contribution in [0.15, 0.2) is 220 Å². The Morgan fingerprint density at radius 1 is 0.361 bits per heavy atom. The lowest BCUT2D eigenvalue weighted by Crippen LogP contribution is -2.17. The van der Waals surface area contributed by atoms with E-state index in [1.54, 1.807) is 88.5 Å². The fourth-order valence-corrected chi connectivity index (χ4v) is 16.6. The average molecular weight is 1960 g/mol. The van der Waals surface area contributed by atoms with Crippen molar-refractivity contribution in [2.45, 2.75) is 59.6 Å². The third kappa shape index (κ3) is 24.3. The van der Waals surface area contributed by atoms with Crippen LogP contribution in [0.5, 0.6) is 29.0 Å². The lowest BCUT2D eigenvalue weighted by atomic mass is 10.1. The maximum Gasteiger partial charge on any atom is 0.417 e. The number of nitrogens with one attached hydrogen (secondary N) is 4. The van der Waals surface area contributed by atoms with E-state index in [2.05, 4.69) is 43.8 Å². The minimum absolute atomic E-state index is 0.00936. The number of anilines is 4. The first-order valence-electron chi connectivity index (χ1n) is 33.7. The van der Waals surface area contributed by atoms with Gasteiger partial charge in [-0.2, -0.15) is 26.3 Å². The van der Waals surface area contributed by atoms with Crippen molar-refractivity contribution in [1.82, 2.24) is 24.9 Å². The number of halogens is 16. The third-order valence-corrected chi connectivity index (χ3v) is 24.6. The standard InChI is InChI=1S/C21H15Cl2F3N2O5S.C20H15Cl2F3N2O3S.C19H13Cl3N2O4S.C18H12Cl3N3O3S/c1-11-4-3-5-14(20(29)32-2)18(11)33-19-17(8-12(22)10-27-19)28-34(30,31)13-6-7-16(23)15(9-13)21(24,25)26;1-11-4-3-5-12(2)18(11)30-19-17(8-13(21)10-26-19)27-31(28,29)14-6-7-16(22)15(9-14)20(23,24)25;1-28-17-9-12(6-7-15(17)22)29(26,27)24-16-8-11(20)10-23-18(16)19(25)13-4-2-3-5-14(13)21;1-10-13(3-2-6-22-10)18(25)17-16(7-11(19)9-23-17)24-28(26,27)12-4-5-14(20)15(21)8-12/h3-10,28H,1-2H3;3-10,27H,1-2H3;2-10,24H,1H3;2-9,24H,1H3. The first-order chi connectivity index (χ1) is 57.1. The van der Waals surface area contributed by atoms with Gasteiger partial charge in [-0.3, -0.25) is 33.5 Å². The van der Waals surface area contributed by atoms with E-state index in [-0.39, 0.29) is 118 Å². The van der Waals surface area contributed by atoms with Gasteiger partial charge in [0.05, 0.1) is 107 Å². The minimum atomic E-state index is -4.87. The van der Waals surface area contributed by atoms with Gasteiger partial charge in [0.1, 0.15) is 45.6 Å². The van der Waals surface area contributed by atoms with Crippen LogP contribution in [0, 0.1) is 27.7 Å². The van der Waals surface area contributed by atoms with Crippen molar-refractivity contribution < 1.29 is 93.3 Å². The molecule has 0 fully saturated rings. The van der Waals surface area contributed by atoms with Crippen molar-refractivity contribution >= 4 is 196 Å². The zero-order chi connectivity index (χ0) is 89.9. The lowest BCUT2D eigenvalue weighted by molar-refractivity contribution is -0.138. The second kappa shape index (κ2) is 40.1. The number of ketones is 2. The van der Waals surface area contributed by atoms with Crippen LogP contribution in [0.2, 0.25) is 50.2 Å². The molecule has 638 valence electrons. The summed E-state index contributed by atoms with van der Waals surface area (Å²) in [6, 6.07) is 36.9. The van der Waals surface area contributed by atoms with Crippen LogP contribution < -0.4 is 33.1 Å². The number of rotatable bonds is 22. The third-order valence-electron chi connectivity index (χ3n) is 16.3. The second-order valence-corrected chi connectivity index (χ2v) is 35.7. The molecular weight excluding hydrogens is 1900 g/mol. The summed E-state index contributed by atoms with van der Waals surface area (Å²) >= 11 is 58.8. The number of ether oxygens (including phenoxy) is 4. The minimum Gasteiger partial charge on any atom is -0.495 e. The van der Waals surface area contributed by atoms with Gasteiger partial charge < -0.3 is 18.9 Å². The van der Waals surface area contributed by atoms with Gasteiger partial charge in [-0.1, -0.05) is 158 Å². The maximum absolute atomic E-state index is 13.2. The van der Waals surface area contributed by atoms with Crippen LogP contribution in [0.25, 0.3) is 0 Å². The number of carbonyl (C=O) groups excluding carboxylic acids is 3. The predicted octanol–water partition coefficient (Wildman–Crippen LogP) is 22.6. The number of aromatic nitrogens is 5. The van der Waals surface area contributed by atoms with Crippen molar-refractivity contribution in [3.05, 3.63) is 313 Å². The van der Waals surface area contributed by atoms with Crippen LogP contribution in [-0.4, -0.2) is 90.3 Å². The van der Waals surface area contributed by atoms with Crippen molar-refractivity contribution in [3.63, 3.8) is 0 Å². The Balaban J connectivity index is 0.000000185.